The van der Waals surface area contributed by atoms with Crippen LogP contribution in [0.25, 0.3) is 0 Å². The van der Waals surface area contributed by atoms with E-state index in [-0.39, 0.29) is 23.0 Å². The van der Waals surface area contributed by atoms with Crippen molar-refractivity contribution in [3.05, 3.63) is 94.3 Å². The average Bonchev–Trinajstić information content (AvgIpc) is 2.68. The number of hydrogen-bond acceptors (Lipinski definition) is 4. The smallest absolute Gasteiger partial charge is 0.257 e. The van der Waals surface area contributed by atoms with Gasteiger partial charge in [-0.15, -0.1) is 0 Å². The molecular weight excluding hydrogens is 328 g/mol. The van der Waals surface area contributed by atoms with Gasteiger partial charge in [0.2, 0.25) is 0 Å². The second kappa shape index (κ2) is 6.04. The van der Waals surface area contributed by atoms with E-state index in [1.165, 1.54) is 6.20 Å². The highest BCUT2D eigenvalue weighted by atomic mass is 16.2. The molecule has 1 heterocycles. The largest absolute Gasteiger partial charge is 0.321 e. The first-order valence-corrected chi connectivity index (χ1v) is 8.11. The van der Waals surface area contributed by atoms with Crippen LogP contribution in [-0.4, -0.2) is 22.5 Å². The number of nitrogens with zero attached hydrogens (tertiary/aromatic N) is 1. The van der Waals surface area contributed by atoms with Gasteiger partial charge in [0.15, 0.2) is 11.6 Å². The van der Waals surface area contributed by atoms with Crippen molar-refractivity contribution >= 4 is 23.2 Å². The number of ketones is 2. The van der Waals surface area contributed by atoms with E-state index in [4.69, 9.17) is 0 Å². The first-order chi connectivity index (χ1) is 12.6. The van der Waals surface area contributed by atoms with Crippen LogP contribution in [0.1, 0.15) is 47.8 Å². The van der Waals surface area contributed by atoms with Crippen LogP contribution in [0.5, 0.6) is 0 Å². The Hall–Kier alpha value is -3.60. The zero-order valence-corrected chi connectivity index (χ0v) is 13.9. The predicted molar refractivity (Wildman–Crippen MR) is 96.7 cm³/mol. The van der Waals surface area contributed by atoms with E-state index in [1.807, 2.05) is 0 Å². The maximum atomic E-state index is 13.0. The van der Waals surface area contributed by atoms with E-state index in [1.54, 1.807) is 61.7 Å². The Bertz CT molecular complexity index is 1070. The maximum absolute atomic E-state index is 13.0. The summed E-state index contributed by atoms with van der Waals surface area (Å²) < 4.78 is 0. The number of anilines is 1. The molecule has 0 bridgehead atoms. The lowest BCUT2D eigenvalue weighted by Crippen LogP contribution is -2.24. The van der Waals surface area contributed by atoms with E-state index in [0.29, 0.717) is 33.5 Å². The molecule has 1 N–H and O–H groups in total. The Morgan fingerprint density at radius 1 is 0.885 bits per heavy atom. The van der Waals surface area contributed by atoms with Crippen molar-refractivity contribution in [2.45, 2.75) is 6.92 Å². The van der Waals surface area contributed by atoms with Crippen molar-refractivity contribution in [3.63, 3.8) is 0 Å². The van der Waals surface area contributed by atoms with E-state index in [9.17, 15) is 14.4 Å². The SMILES string of the molecule is Cc1ccc2c(c1NC(=O)c1cccnc1)C(=O)c1ccccc1C2=O. The molecule has 0 saturated heterocycles. The van der Waals surface area contributed by atoms with Crippen molar-refractivity contribution in [1.29, 1.82) is 0 Å². The standard InChI is InChI=1S/C21H14N2O3/c1-12-8-9-16-17(18(12)23-21(26)13-5-4-10-22-11-13)20(25)15-7-3-2-6-14(15)19(16)24/h2-11H,1H3,(H,23,26). The van der Waals surface area contributed by atoms with Crippen LogP contribution in [0.15, 0.2) is 60.9 Å². The zero-order chi connectivity index (χ0) is 18.3. The van der Waals surface area contributed by atoms with Crippen LogP contribution in [-0.2, 0) is 0 Å². The summed E-state index contributed by atoms with van der Waals surface area (Å²) in [6.07, 6.45) is 3.02. The first-order valence-electron chi connectivity index (χ1n) is 8.11. The Balaban J connectivity index is 1.84. The van der Waals surface area contributed by atoms with Gasteiger partial charge in [0, 0.05) is 29.1 Å². The van der Waals surface area contributed by atoms with Gasteiger partial charge in [-0.05, 0) is 30.7 Å². The lowest BCUT2D eigenvalue weighted by molar-refractivity contribution is 0.0978. The van der Waals surface area contributed by atoms with Crippen LogP contribution >= 0.6 is 0 Å². The summed E-state index contributed by atoms with van der Waals surface area (Å²) in [5.74, 6) is -0.860. The molecule has 0 radical (unpaired) electrons. The number of aromatic nitrogens is 1. The first kappa shape index (κ1) is 15.9. The lowest BCUT2D eigenvalue weighted by Gasteiger charge is -2.21. The molecule has 0 aliphatic heterocycles. The number of carbonyl (C=O) groups excluding carboxylic acids is 3. The fourth-order valence-electron chi connectivity index (χ4n) is 3.13. The molecule has 2 aromatic carbocycles. The van der Waals surface area contributed by atoms with Gasteiger partial charge in [-0.2, -0.15) is 0 Å². The molecule has 0 spiro atoms. The van der Waals surface area contributed by atoms with Crippen LogP contribution in [0, 0.1) is 6.92 Å². The third-order valence-corrected chi connectivity index (χ3v) is 4.46. The van der Waals surface area contributed by atoms with Crippen molar-refractivity contribution in [1.82, 2.24) is 4.98 Å². The van der Waals surface area contributed by atoms with Gasteiger partial charge in [-0.25, -0.2) is 0 Å². The minimum atomic E-state index is -0.381. The Morgan fingerprint density at radius 2 is 1.62 bits per heavy atom. The fraction of sp³-hybridized carbons (Fsp3) is 0.0476. The highest BCUT2D eigenvalue weighted by Crippen LogP contribution is 2.34. The lowest BCUT2D eigenvalue weighted by atomic mass is 9.82. The summed E-state index contributed by atoms with van der Waals surface area (Å²) in [6.45, 7) is 1.79. The van der Waals surface area contributed by atoms with Gasteiger partial charge in [-0.3, -0.25) is 19.4 Å². The van der Waals surface area contributed by atoms with E-state index in [0.717, 1.165) is 0 Å². The molecule has 3 aromatic rings. The summed E-state index contributed by atoms with van der Waals surface area (Å²) in [5.41, 5.74) is 2.74. The second-order valence-corrected chi connectivity index (χ2v) is 6.08. The summed E-state index contributed by atoms with van der Waals surface area (Å²) in [6, 6.07) is 13.4. The molecule has 0 atom stereocenters. The molecule has 1 aliphatic carbocycles. The van der Waals surface area contributed by atoms with Crippen molar-refractivity contribution in [2.75, 3.05) is 5.32 Å². The molecule has 1 aromatic heterocycles. The molecule has 0 fully saturated rings. The van der Waals surface area contributed by atoms with Crippen LogP contribution < -0.4 is 5.32 Å². The van der Waals surface area contributed by atoms with E-state index < -0.39 is 0 Å². The van der Waals surface area contributed by atoms with Gasteiger partial charge in [-0.1, -0.05) is 30.3 Å². The third-order valence-electron chi connectivity index (χ3n) is 4.46. The number of nitrogens with one attached hydrogen (secondary N) is 1. The van der Waals surface area contributed by atoms with Crippen molar-refractivity contribution in [2.24, 2.45) is 0 Å². The average molecular weight is 342 g/mol. The topological polar surface area (TPSA) is 76.1 Å². The molecule has 0 saturated carbocycles. The quantitative estimate of drug-likeness (QED) is 0.606. The molecule has 1 aliphatic rings. The highest BCUT2D eigenvalue weighted by Gasteiger charge is 2.32. The van der Waals surface area contributed by atoms with Crippen molar-refractivity contribution in [3.8, 4) is 0 Å². The predicted octanol–water partition coefficient (Wildman–Crippen LogP) is 3.42. The molecule has 5 nitrogen and oxygen atoms in total. The number of hydrogen-bond donors (Lipinski definition) is 1. The monoisotopic (exact) mass is 342 g/mol. The normalized spacial score (nSPS) is 12.3. The molecule has 126 valence electrons. The van der Waals surface area contributed by atoms with Gasteiger partial charge in [0.05, 0.1) is 16.8 Å². The maximum Gasteiger partial charge on any atom is 0.257 e. The van der Waals surface area contributed by atoms with Crippen LogP contribution in [0.4, 0.5) is 5.69 Å². The summed E-state index contributed by atoms with van der Waals surface area (Å²) in [4.78, 5) is 42.3. The van der Waals surface area contributed by atoms with E-state index >= 15 is 0 Å². The molecule has 5 heteroatoms. The summed E-state index contributed by atoms with van der Waals surface area (Å²) in [5, 5.41) is 2.78. The van der Waals surface area contributed by atoms with Gasteiger partial charge < -0.3 is 5.32 Å². The van der Waals surface area contributed by atoms with Crippen molar-refractivity contribution < 1.29 is 14.4 Å². The Morgan fingerprint density at radius 3 is 2.31 bits per heavy atom. The van der Waals surface area contributed by atoms with Gasteiger partial charge in [0.25, 0.3) is 5.91 Å². The summed E-state index contributed by atoms with van der Waals surface area (Å²) >= 11 is 0. The molecule has 1 amide bonds. The van der Waals surface area contributed by atoms with Gasteiger partial charge >= 0.3 is 0 Å². The van der Waals surface area contributed by atoms with Gasteiger partial charge in [0.1, 0.15) is 0 Å². The number of aryl methyl sites for hydroxylation is 1. The zero-order valence-electron chi connectivity index (χ0n) is 13.9. The fourth-order valence-corrected chi connectivity index (χ4v) is 3.13. The Kier molecular flexibility index (Phi) is 3.69. The number of carbonyl (C=O) groups is 3. The minimum absolute atomic E-state index is 0.216. The van der Waals surface area contributed by atoms with Crippen LogP contribution in [0.3, 0.4) is 0 Å². The minimum Gasteiger partial charge on any atom is -0.321 e. The number of fused-ring (bicyclic) bond motifs is 2. The third kappa shape index (κ3) is 2.41. The molecule has 0 unspecified atom stereocenters. The second-order valence-electron chi connectivity index (χ2n) is 6.08. The molecule has 26 heavy (non-hydrogen) atoms. The Labute approximate surface area is 149 Å². The number of benzene rings is 2. The number of rotatable bonds is 2. The van der Waals surface area contributed by atoms with Crippen LogP contribution in [0.2, 0.25) is 0 Å². The molecular formula is C21H14N2O3. The summed E-state index contributed by atoms with van der Waals surface area (Å²) in [7, 11) is 0. The number of pyridine rings is 1. The molecule has 4 rings (SSSR count). The highest BCUT2D eigenvalue weighted by molar-refractivity contribution is 6.31. The number of amides is 1. The van der Waals surface area contributed by atoms with E-state index in [2.05, 4.69) is 10.3 Å².